The number of nitro benzene ring substituents is 1. The first-order valence-electron chi connectivity index (χ1n) is 7.14. The molecule has 0 spiro atoms. The van der Waals surface area contributed by atoms with Crippen molar-refractivity contribution in [2.24, 2.45) is 0 Å². The molecular weight excluding hydrogens is 294 g/mol. The summed E-state index contributed by atoms with van der Waals surface area (Å²) in [5.41, 5.74) is 1.93. The van der Waals surface area contributed by atoms with Crippen LogP contribution in [0.4, 0.5) is 5.69 Å². The molecule has 0 amide bonds. The van der Waals surface area contributed by atoms with Gasteiger partial charge in [0.25, 0.3) is 5.69 Å². The monoisotopic (exact) mass is 311 g/mol. The fourth-order valence-electron chi connectivity index (χ4n) is 2.47. The van der Waals surface area contributed by atoms with E-state index < -0.39 is 0 Å². The van der Waals surface area contributed by atoms with Crippen molar-refractivity contribution >= 4 is 27.1 Å². The molecule has 0 bridgehead atoms. The van der Waals surface area contributed by atoms with Gasteiger partial charge in [-0.3, -0.25) is 10.1 Å². The van der Waals surface area contributed by atoms with Crippen LogP contribution < -0.4 is 0 Å². The number of nitrogens with zero attached hydrogens (tertiary/aromatic N) is 1. The summed E-state index contributed by atoms with van der Waals surface area (Å²) in [7, 11) is 0. The summed E-state index contributed by atoms with van der Waals surface area (Å²) in [5.74, 6) is 0. The van der Waals surface area contributed by atoms with Gasteiger partial charge in [0.15, 0.2) is 0 Å². The van der Waals surface area contributed by atoms with Gasteiger partial charge in [-0.1, -0.05) is 45.0 Å². The average Bonchev–Trinajstić information content (AvgIpc) is 2.89. The highest BCUT2D eigenvalue weighted by Gasteiger charge is 2.22. The van der Waals surface area contributed by atoms with Gasteiger partial charge in [0.2, 0.25) is 0 Å². The molecule has 0 saturated heterocycles. The molecule has 1 heterocycles. The molecule has 0 unspecified atom stereocenters. The number of nitro groups is 1. The van der Waals surface area contributed by atoms with Gasteiger partial charge >= 0.3 is 0 Å². The van der Waals surface area contributed by atoms with Crippen molar-refractivity contribution in [1.29, 1.82) is 0 Å². The number of fused-ring (bicyclic) bond motifs is 1. The molecule has 0 aliphatic carbocycles. The third kappa shape index (κ3) is 2.62. The van der Waals surface area contributed by atoms with Crippen molar-refractivity contribution in [2.75, 3.05) is 0 Å². The summed E-state index contributed by atoms with van der Waals surface area (Å²) in [6.07, 6.45) is 0. The fourth-order valence-corrected chi connectivity index (χ4v) is 3.56. The summed E-state index contributed by atoms with van der Waals surface area (Å²) in [5, 5.41) is 12.5. The summed E-state index contributed by atoms with van der Waals surface area (Å²) in [4.78, 5) is 12.0. The molecule has 2 aromatic carbocycles. The first-order valence-corrected chi connectivity index (χ1v) is 7.96. The van der Waals surface area contributed by atoms with Crippen molar-refractivity contribution in [1.82, 2.24) is 0 Å². The molecule has 112 valence electrons. The molecule has 3 aromatic rings. The van der Waals surface area contributed by atoms with Gasteiger partial charge < -0.3 is 0 Å². The third-order valence-corrected chi connectivity index (χ3v) is 4.90. The molecule has 0 saturated carbocycles. The van der Waals surface area contributed by atoms with Crippen LogP contribution in [0.1, 0.15) is 26.3 Å². The predicted molar refractivity (Wildman–Crippen MR) is 92.6 cm³/mol. The molecule has 3 nitrogen and oxygen atoms in total. The number of rotatable bonds is 2. The average molecular weight is 311 g/mol. The topological polar surface area (TPSA) is 43.1 Å². The van der Waals surface area contributed by atoms with Crippen molar-refractivity contribution < 1.29 is 4.92 Å². The Balaban J connectivity index is 2.24. The molecule has 1 aromatic heterocycles. The Labute approximate surface area is 133 Å². The lowest BCUT2D eigenvalue weighted by Crippen LogP contribution is -2.11. The summed E-state index contributed by atoms with van der Waals surface area (Å²) < 4.78 is 1.15. The lowest BCUT2D eigenvalue weighted by atomic mass is 9.85. The summed E-state index contributed by atoms with van der Waals surface area (Å²) in [6, 6.07) is 15.5. The minimum Gasteiger partial charge on any atom is -0.258 e. The van der Waals surface area contributed by atoms with E-state index in [2.05, 4.69) is 20.8 Å². The molecule has 0 aliphatic heterocycles. The first kappa shape index (κ1) is 14.7. The van der Waals surface area contributed by atoms with E-state index in [1.54, 1.807) is 17.4 Å². The quantitative estimate of drug-likeness (QED) is 0.445. The van der Waals surface area contributed by atoms with Crippen LogP contribution in [0.15, 0.2) is 48.5 Å². The van der Waals surface area contributed by atoms with Crippen molar-refractivity contribution in [3.63, 3.8) is 0 Å². The third-order valence-electron chi connectivity index (χ3n) is 3.75. The number of thiophene rings is 1. The van der Waals surface area contributed by atoms with Gasteiger partial charge in [-0.25, -0.2) is 0 Å². The zero-order valence-electron chi connectivity index (χ0n) is 12.8. The molecule has 0 aliphatic rings. The molecule has 0 fully saturated rings. The van der Waals surface area contributed by atoms with Crippen LogP contribution in [-0.4, -0.2) is 4.92 Å². The van der Waals surface area contributed by atoms with E-state index in [-0.39, 0.29) is 16.0 Å². The van der Waals surface area contributed by atoms with Gasteiger partial charge in [0.1, 0.15) is 0 Å². The van der Waals surface area contributed by atoms with Gasteiger partial charge in [0, 0.05) is 15.6 Å². The van der Waals surface area contributed by atoms with E-state index in [4.69, 9.17) is 0 Å². The zero-order valence-corrected chi connectivity index (χ0v) is 13.6. The largest absolute Gasteiger partial charge is 0.278 e. The summed E-state index contributed by atoms with van der Waals surface area (Å²) >= 11 is 1.60. The Kier molecular flexibility index (Phi) is 3.49. The van der Waals surface area contributed by atoms with Crippen molar-refractivity contribution in [3.8, 4) is 10.4 Å². The van der Waals surface area contributed by atoms with Crippen LogP contribution in [0.5, 0.6) is 0 Å². The normalized spacial score (nSPS) is 11.8. The molecule has 3 rings (SSSR count). The minimum atomic E-state index is -0.299. The second-order valence-electron chi connectivity index (χ2n) is 6.39. The highest BCUT2D eigenvalue weighted by atomic mass is 32.1. The van der Waals surface area contributed by atoms with Crippen LogP contribution in [-0.2, 0) is 5.41 Å². The molecular formula is C18H17NO2S. The van der Waals surface area contributed by atoms with Crippen molar-refractivity contribution in [2.45, 2.75) is 26.2 Å². The number of hydrogen-bond acceptors (Lipinski definition) is 3. The van der Waals surface area contributed by atoms with Gasteiger partial charge in [0.05, 0.1) is 10.5 Å². The zero-order chi connectivity index (χ0) is 15.9. The van der Waals surface area contributed by atoms with Crippen LogP contribution in [0.25, 0.3) is 20.5 Å². The Morgan fingerprint density at radius 1 is 1.05 bits per heavy atom. The smallest absolute Gasteiger partial charge is 0.258 e. The number of benzene rings is 2. The second-order valence-corrected chi connectivity index (χ2v) is 7.47. The molecule has 0 N–H and O–H groups in total. The fraction of sp³-hybridized carbons (Fsp3) is 0.222. The predicted octanol–water partition coefficient (Wildman–Crippen LogP) is 5.77. The van der Waals surface area contributed by atoms with Gasteiger partial charge in [-0.2, -0.15) is 0 Å². The molecule has 0 atom stereocenters. The van der Waals surface area contributed by atoms with E-state index in [9.17, 15) is 10.1 Å². The van der Waals surface area contributed by atoms with Crippen LogP contribution in [0.3, 0.4) is 0 Å². The van der Waals surface area contributed by atoms with E-state index in [0.717, 1.165) is 20.5 Å². The highest BCUT2D eigenvalue weighted by Crippen LogP contribution is 2.40. The van der Waals surface area contributed by atoms with Crippen molar-refractivity contribution in [3.05, 3.63) is 64.2 Å². The second kappa shape index (κ2) is 5.21. The van der Waals surface area contributed by atoms with Crippen LogP contribution in [0.2, 0.25) is 0 Å². The highest BCUT2D eigenvalue weighted by molar-refractivity contribution is 7.22. The van der Waals surface area contributed by atoms with E-state index in [1.807, 2.05) is 42.5 Å². The SMILES string of the molecule is CC(C)(C)c1ccc([N+](=O)[O-])c(-c2cc3ccccc3s2)c1. The summed E-state index contributed by atoms with van der Waals surface area (Å²) in [6.45, 7) is 6.34. The van der Waals surface area contributed by atoms with Gasteiger partial charge in [-0.05, 0) is 34.6 Å². The van der Waals surface area contributed by atoms with E-state index in [0.29, 0.717) is 5.56 Å². The molecule has 4 heteroatoms. The first-order chi connectivity index (χ1) is 10.4. The van der Waals surface area contributed by atoms with Crippen LogP contribution >= 0.6 is 11.3 Å². The minimum absolute atomic E-state index is 0.0411. The Morgan fingerprint density at radius 2 is 1.77 bits per heavy atom. The van der Waals surface area contributed by atoms with E-state index >= 15 is 0 Å². The molecule has 0 radical (unpaired) electrons. The Bertz CT molecular complexity index is 826. The lowest BCUT2D eigenvalue weighted by molar-refractivity contribution is -0.384. The molecule has 22 heavy (non-hydrogen) atoms. The standard InChI is InChI=1S/C18H17NO2S/c1-18(2,3)13-8-9-15(19(20)21)14(11-13)17-10-12-6-4-5-7-16(12)22-17/h4-11H,1-3H3. The van der Waals surface area contributed by atoms with Gasteiger partial charge in [-0.15, -0.1) is 11.3 Å². The maximum atomic E-state index is 11.4. The van der Waals surface area contributed by atoms with Crippen LogP contribution in [0, 0.1) is 10.1 Å². The maximum Gasteiger partial charge on any atom is 0.278 e. The Hall–Kier alpha value is -2.20. The maximum absolute atomic E-state index is 11.4. The van der Waals surface area contributed by atoms with E-state index in [1.165, 1.54) is 0 Å². The lowest BCUT2D eigenvalue weighted by Gasteiger charge is -2.19. The Morgan fingerprint density at radius 3 is 2.41 bits per heavy atom. The number of hydrogen-bond donors (Lipinski definition) is 0.